The lowest BCUT2D eigenvalue weighted by molar-refractivity contribution is -0.176. The Kier molecular flexibility index (Phi) is 9.13. The van der Waals surface area contributed by atoms with E-state index in [9.17, 15) is 24.3 Å². The summed E-state index contributed by atoms with van der Waals surface area (Å²) in [5, 5.41) is 12.6. The summed E-state index contributed by atoms with van der Waals surface area (Å²) in [6.45, 7) is 10.1. The van der Waals surface area contributed by atoms with Crippen LogP contribution >= 0.6 is 0 Å². The second kappa shape index (κ2) is 12.9. The van der Waals surface area contributed by atoms with Gasteiger partial charge < -0.3 is 33.7 Å². The lowest BCUT2D eigenvalue weighted by Gasteiger charge is -2.61. The topological polar surface area (TPSA) is 138 Å². The zero-order valence-corrected chi connectivity index (χ0v) is 28.9. The molecule has 0 saturated carbocycles. The van der Waals surface area contributed by atoms with Gasteiger partial charge in [-0.2, -0.15) is 0 Å². The van der Waals surface area contributed by atoms with E-state index in [1.165, 1.54) is 0 Å². The van der Waals surface area contributed by atoms with Gasteiger partial charge in [0.25, 0.3) is 0 Å². The van der Waals surface area contributed by atoms with Crippen LogP contribution in [-0.4, -0.2) is 77.4 Å². The zero-order valence-electron chi connectivity index (χ0n) is 28.9. The van der Waals surface area contributed by atoms with Gasteiger partial charge in [0, 0.05) is 23.6 Å². The van der Waals surface area contributed by atoms with Crippen molar-refractivity contribution in [2.75, 3.05) is 20.2 Å². The van der Waals surface area contributed by atoms with Crippen LogP contribution in [0.5, 0.6) is 5.75 Å². The Balaban J connectivity index is 1.31. The van der Waals surface area contributed by atoms with E-state index in [1.807, 2.05) is 27.0 Å². The number of carbonyl (C=O) groups is 4. The molecule has 1 spiro atoms. The number of likely N-dealkylation sites (N-methyl/N-ethyl adjacent to an activating group) is 1. The van der Waals surface area contributed by atoms with Crippen molar-refractivity contribution in [2.24, 2.45) is 5.92 Å². The number of likely N-dealkylation sites (tertiary alicyclic amines) is 1. The van der Waals surface area contributed by atoms with E-state index < -0.39 is 52.7 Å². The van der Waals surface area contributed by atoms with E-state index in [0.717, 1.165) is 11.1 Å². The Labute approximate surface area is 286 Å². The highest BCUT2D eigenvalue weighted by Gasteiger charge is 2.72. The molecule has 2 aromatic carbocycles. The first-order valence-electron chi connectivity index (χ1n) is 17.0. The average molecular weight is 676 g/mol. The third kappa shape index (κ3) is 6.23. The van der Waals surface area contributed by atoms with Gasteiger partial charge in [0.15, 0.2) is 6.10 Å². The molecule has 6 rings (SSSR count). The molecule has 11 heteroatoms. The van der Waals surface area contributed by atoms with Crippen LogP contribution in [0.1, 0.15) is 93.5 Å². The Morgan fingerprint density at radius 3 is 2.45 bits per heavy atom. The van der Waals surface area contributed by atoms with Gasteiger partial charge >= 0.3 is 23.9 Å². The predicted octanol–water partition coefficient (Wildman–Crippen LogP) is 4.73. The van der Waals surface area contributed by atoms with Crippen molar-refractivity contribution in [1.29, 1.82) is 0 Å². The van der Waals surface area contributed by atoms with Crippen LogP contribution < -0.4 is 4.74 Å². The van der Waals surface area contributed by atoms with Crippen LogP contribution in [0.4, 0.5) is 0 Å². The first-order valence-corrected chi connectivity index (χ1v) is 17.0. The van der Waals surface area contributed by atoms with Crippen LogP contribution in [0.2, 0.25) is 0 Å². The predicted molar refractivity (Wildman–Crippen MR) is 176 cm³/mol. The first-order chi connectivity index (χ1) is 23.1. The van der Waals surface area contributed by atoms with Crippen molar-refractivity contribution in [2.45, 2.75) is 102 Å². The molecule has 2 aliphatic carbocycles. The summed E-state index contributed by atoms with van der Waals surface area (Å²) >= 11 is 0. The normalized spacial score (nSPS) is 25.8. The molecule has 262 valence electrons. The standard InChI is InChI=1S/C38H45NO10/c1-22(2)21-45-28(40)14-15-29(41)47-31(23-10-8-7-9-11-23)35(43)46-26-16-17-38(44)27-20-24-12-13-25(34(42)49-36(3,4)5)32-30(24)37(38,33(26)48-32)18-19-39(27)6/h7-13,16,22,27,31,33,44H,14-15,17-21H2,1-6H3/t27-,31+,33+,37+,38-/m1/s1. The van der Waals surface area contributed by atoms with E-state index in [1.54, 1.807) is 63.2 Å². The van der Waals surface area contributed by atoms with Gasteiger partial charge in [0.2, 0.25) is 6.10 Å². The largest absolute Gasteiger partial charge is 0.480 e. The summed E-state index contributed by atoms with van der Waals surface area (Å²) in [5.41, 5.74) is -0.693. The number of aliphatic hydroxyl groups is 1. The molecule has 1 saturated heterocycles. The number of carbonyl (C=O) groups excluding carboxylic acids is 4. The van der Waals surface area contributed by atoms with Crippen LogP contribution in [0.3, 0.4) is 0 Å². The minimum Gasteiger partial charge on any atom is -0.480 e. The Morgan fingerprint density at radius 2 is 1.76 bits per heavy atom. The highest BCUT2D eigenvalue weighted by Crippen LogP contribution is 2.64. The summed E-state index contributed by atoms with van der Waals surface area (Å²) in [7, 11) is 1.99. The summed E-state index contributed by atoms with van der Waals surface area (Å²) in [6.07, 6.45) is 0.0400. The Morgan fingerprint density at radius 1 is 1.04 bits per heavy atom. The van der Waals surface area contributed by atoms with Gasteiger partial charge in [-0.25, -0.2) is 9.59 Å². The maximum absolute atomic E-state index is 14.0. The van der Waals surface area contributed by atoms with Crippen molar-refractivity contribution in [3.8, 4) is 5.75 Å². The Bertz CT molecular complexity index is 1680. The maximum Gasteiger partial charge on any atom is 0.357 e. The molecule has 2 bridgehead atoms. The van der Waals surface area contributed by atoms with Crippen LogP contribution in [0, 0.1) is 5.92 Å². The van der Waals surface area contributed by atoms with Crippen molar-refractivity contribution < 1.29 is 48.0 Å². The maximum atomic E-state index is 14.0. The number of hydrogen-bond donors (Lipinski definition) is 1. The number of ether oxygens (including phenoxy) is 5. The molecular weight excluding hydrogens is 630 g/mol. The van der Waals surface area contributed by atoms with E-state index in [2.05, 4.69) is 4.90 Å². The molecule has 5 atom stereocenters. The fraction of sp³-hybridized carbons (Fsp3) is 0.526. The number of nitrogens with zero attached hydrogens (tertiary/aromatic N) is 1. The number of rotatable bonds is 10. The molecule has 0 unspecified atom stereocenters. The molecule has 1 N–H and O–H groups in total. The molecule has 4 aliphatic rings. The summed E-state index contributed by atoms with van der Waals surface area (Å²) in [6, 6.07) is 11.9. The fourth-order valence-corrected chi connectivity index (χ4v) is 7.72. The number of esters is 4. The molecular formula is C38H45NO10. The molecule has 0 aromatic heterocycles. The monoisotopic (exact) mass is 675 g/mol. The number of hydrogen-bond acceptors (Lipinski definition) is 11. The van der Waals surface area contributed by atoms with E-state index in [-0.39, 0.29) is 49.2 Å². The minimum atomic E-state index is -1.44. The number of benzene rings is 2. The summed E-state index contributed by atoms with van der Waals surface area (Å²) < 4.78 is 29.3. The van der Waals surface area contributed by atoms with Gasteiger partial charge in [-0.1, -0.05) is 50.2 Å². The van der Waals surface area contributed by atoms with E-state index in [4.69, 9.17) is 23.7 Å². The van der Waals surface area contributed by atoms with Gasteiger partial charge in [0.1, 0.15) is 22.7 Å². The molecule has 0 radical (unpaired) electrons. The highest BCUT2D eigenvalue weighted by molar-refractivity contribution is 5.94. The highest BCUT2D eigenvalue weighted by atomic mass is 16.6. The molecule has 2 aliphatic heterocycles. The third-order valence-corrected chi connectivity index (χ3v) is 9.89. The van der Waals surface area contributed by atoms with Crippen molar-refractivity contribution >= 4 is 23.9 Å². The van der Waals surface area contributed by atoms with Crippen LogP contribution in [0.25, 0.3) is 0 Å². The molecule has 1 fully saturated rings. The zero-order chi connectivity index (χ0) is 35.3. The molecule has 49 heavy (non-hydrogen) atoms. The lowest BCUT2D eigenvalue weighted by atomic mass is 9.50. The van der Waals surface area contributed by atoms with Crippen LogP contribution in [-0.2, 0) is 45.2 Å². The van der Waals surface area contributed by atoms with Crippen molar-refractivity contribution in [3.05, 3.63) is 76.6 Å². The van der Waals surface area contributed by atoms with Gasteiger partial charge in [-0.3, -0.25) is 9.59 Å². The lowest BCUT2D eigenvalue weighted by Crippen LogP contribution is -2.74. The van der Waals surface area contributed by atoms with Crippen molar-refractivity contribution in [3.63, 3.8) is 0 Å². The molecule has 2 aromatic rings. The minimum absolute atomic E-state index is 0.152. The smallest absolute Gasteiger partial charge is 0.357 e. The second-order valence-electron chi connectivity index (χ2n) is 14.9. The van der Waals surface area contributed by atoms with Gasteiger partial charge in [0.05, 0.1) is 30.5 Å². The summed E-state index contributed by atoms with van der Waals surface area (Å²) in [4.78, 5) is 54.7. The second-order valence-corrected chi connectivity index (χ2v) is 14.9. The van der Waals surface area contributed by atoms with E-state index in [0.29, 0.717) is 30.7 Å². The average Bonchev–Trinajstić information content (AvgIpc) is 3.40. The number of piperidine rings is 1. The molecule has 11 nitrogen and oxygen atoms in total. The molecule has 2 heterocycles. The Hall–Kier alpha value is -4.22. The molecule has 0 amide bonds. The van der Waals surface area contributed by atoms with Gasteiger partial charge in [-0.15, -0.1) is 0 Å². The fourth-order valence-electron chi connectivity index (χ4n) is 7.72. The van der Waals surface area contributed by atoms with Crippen molar-refractivity contribution in [1.82, 2.24) is 4.90 Å². The summed E-state index contributed by atoms with van der Waals surface area (Å²) in [5.74, 6) is -2.05. The quantitative estimate of drug-likeness (QED) is 0.277. The SMILES string of the molecule is CC(C)COC(=O)CCC(=O)O[C@H](C(=O)OC1=CC[C@@]2(O)[C@H]3Cc4ccc(C(=O)OC(C)(C)C)c5c4[C@@]2(CCN3C)[C@H]1O5)c1ccccc1. The first kappa shape index (κ1) is 34.6. The van der Waals surface area contributed by atoms with Crippen LogP contribution in [0.15, 0.2) is 54.3 Å². The third-order valence-electron chi connectivity index (χ3n) is 9.89. The van der Waals surface area contributed by atoms with Gasteiger partial charge in [-0.05, 0) is 70.8 Å². The van der Waals surface area contributed by atoms with E-state index >= 15 is 0 Å².